The zero-order valence-electron chi connectivity index (χ0n) is 11.7. The molecule has 0 aliphatic carbocycles. The van der Waals surface area contributed by atoms with Crippen molar-refractivity contribution in [2.24, 2.45) is 0 Å². The molecule has 0 spiro atoms. The van der Waals surface area contributed by atoms with Crippen molar-refractivity contribution in [3.05, 3.63) is 28.2 Å². The van der Waals surface area contributed by atoms with E-state index in [1.54, 1.807) is 18.2 Å². The number of rotatable bonds is 4. The SMILES string of the molecule is Cl.O=C(CCN1CCCNCC1)Nc1cc(Cl)ccc1Cl. The number of amides is 1. The maximum atomic E-state index is 11.9. The Bertz CT molecular complexity index is 463. The van der Waals surface area contributed by atoms with Crippen LogP contribution >= 0.6 is 35.6 Å². The number of carbonyl (C=O) groups excluding carboxylic acids is 1. The number of nitrogens with zero attached hydrogens (tertiary/aromatic N) is 1. The second-order valence-corrected chi connectivity index (χ2v) is 5.71. The Labute approximate surface area is 141 Å². The summed E-state index contributed by atoms with van der Waals surface area (Å²) >= 11 is 11.9. The minimum atomic E-state index is -0.0358. The average molecular weight is 353 g/mol. The van der Waals surface area contributed by atoms with Crippen LogP contribution in [0.5, 0.6) is 0 Å². The van der Waals surface area contributed by atoms with Gasteiger partial charge in [-0.25, -0.2) is 0 Å². The summed E-state index contributed by atoms with van der Waals surface area (Å²) in [6.45, 7) is 4.84. The molecule has 118 valence electrons. The van der Waals surface area contributed by atoms with Gasteiger partial charge in [-0.1, -0.05) is 23.2 Å². The maximum absolute atomic E-state index is 11.9. The minimum Gasteiger partial charge on any atom is -0.325 e. The van der Waals surface area contributed by atoms with E-state index in [1.165, 1.54) is 0 Å². The van der Waals surface area contributed by atoms with E-state index >= 15 is 0 Å². The van der Waals surface area contributed by atoms with Gasteiger partial charge in [-0.2, -0.15) is 0 Å². The van der Waals surface area contributed by atoms with Gasteiger partial charge in [0.05, 0.1) is 10.7 Å². The first-order valence-electron chi connectivity index (χ1n) is 6.83. The summed E-state index contributed by atoms with van der Waals surface area (Å²) < 4.78 is 0. The molecule has 1 amide bonds. The Hall–Kier alpha value is -0.520. The lowest BCUT2D eigenvalue weighted by atomic mass is 10.3. The molecule has 1 saturated heterocycles. The number of benzene rings is 1. The highest BCUT2D eigenvalue weighted by Crippen LogP contribution is 2.25. The molecule has 0 atom stereocenters. The Morgan fingerprint density at radius 1 is 1.29 bits per heavy atom. The summed E-state index contributed by atoms with van der Waals surface area (Å²) in [6.07, 6.45) is 1.59. The molecule has 4 nitrogen and oxygen atoms in total. The fraction of sp³-hybridized carbons (Fsp3) is 0.500. The first kappa shape index (κ1) is 18.5. The molecule has 1 aromatic carbocycles. The quantitative estimate of drug-likeness (QED) is 0.875. The van der Waals surface area contributed by atoms with E-state index in [4.69, 9.17) is 23.2 Å². The zero-order chi connectivity index (χ0) is 14.4. The molecule has 0 unspecified atom stereocenters. The third kappa shape index (κ3) is 6.41. The molecule has 2 N–H and O–H groups in total. The van der Waals surface area contributed by atoms with Gasteiger partial charge in [-0.3, -0.25) is 4.79 Å². The van der Waals surface area contributed by atoms with E-state index in [9.17, 15) is 4.79 Å². The predicted octanol–water partition coefficient (Wildman–Crippen LogP) is 3.04. The third-order valence-electron chi connectivity index (χ3n) is 3.29. The summed E-state index contributed by atoms with van der Waals surface area (Å²) in [5.41, 5.74) is 0.571. The first-order chi connectivity index (χ1) is 9.65. The topological polar surface area (TPSA) is 44.4 Å². The highest BCUT2D eigenvalue weighted by molar-refractivity contribution is 6.35. The van der Waals surface area contributed by atoms with E-state index in [0.29, 0.717) is 22.2 Å². The molecule has 21 heavy (non-hydrogen) atoms. The van der Waals surface area contributed by atoms with Crippen LogP contribution in [0.15, 0.2) is 18.2 Å². The summed E-state index contributed by atoms with van der Waals surface area (Å²) in [4.78, 5) is 14.3. The lowest BCUT2D eigenvalue weighted by Crippen LogP contribution is -2.31. The van der Waals surface area contributed by atoms with Gasteiger partial charge in [0.1, 0.15) is 0 Å². The van der Waals surface area contributed by atoms with Crippen LogP contribution in [0, 0.1) is 0 Å². The van der Waals surface area contributed by atoms with Crippen molar-refractivity contribution in [3.63, 3.8) is 0 Å². The van der Waals surface area contributed by atoms with E-state index in [-0.39, 0.29) is 18.3 Å². The average Bonchev–Trinajstić information content (AvgIpc) is 2.69. The molecule has 1 aromatic rings. The monoisotopic (exact) mass is 351 g/mol. The molecule has 1 heterocycles. The van der Waals surface area contributed by atoms with Crippen molar-refractivity contribution in [1.29, 1.82) is 0 Å². The van der Waals surface area contributed by atoms with Gasteiger partial charge in [0.25, 0.3) is 0 Å². The maximum Gasteiger partial charge on any atom is 0.225 e. The summed E-state index contributed by atoms with van der Waals surface area (Å²) in [7, 11) is 0. The Kier molecular flexibility index (Phi) is 8.37. The van der Waals surface area contributed by atoms with Crippen LogP contribution in [0.4, 0.5) is 5.69 Å². The van der Waals surface area contributed by atoms with E-state index in [2.05, 4.69) is 15.5 Å². The number of hydrogen-bond acceptors (Lipinski definition) is 3. The lowest BCUT2D eigenvalue weighted by molar-refractivity contribution is -0.116. The lowest BCUT2D eigenvalue weighted by Gasteiger charge is -2.18. The standard InChI is InChI=1S/C14H19Cl2N3O.ClH/c15-11-2-3-12(16)13(10-11)18-14(20)4-8-19-7-1-5-17-6-9-19;/h2-3,10,17H,1,4-9H2,(H,18,20);1H. The van der Waals surface area contributed by atoms with Crippen LogP contribution in [0.3, 0.4) is 0 Å². The zero-order valence-corrected chi connectivity index (χ0v) is 14.0. The van der Waals surface area contributed by atoms with E-state index < -0.39 is 0 Å². The van der Waals surface area contributed by atoms with Gasteiger partial charge in [0.15, 0.2) is 0 Å². The third-order valence-corrected chi connectivity index (χ3v) is 3.85. The van der Waals surface area contributed by atoms with Gasteiger partial charge in [0, 0.05) is 31.1 Å². The Balaban J connectivity index is 0.00000220. The van der Waals surface area contributed by atoms with Gasteiger partial charge < -0.3 is 15.5 Å². The van der Waals surface area contributed by atoms with Gasteiger partial charge in [0.2, 0.25) is 5.91 Å². The van der Waals surface area contributed by atoms with Crippen molar-refractivity contribution < 1.29 is 4.79 Å². The molecule has 0 bridgehead atoms. The van der Waals surface area contributed by atoms with Crippen LogP contribution in [0.25, 0.3) is 0 Å². The van der Waals surface area contributed by atoms with E-state index in [0.717, 1.165) is 39.1 Å². The molecular formula is C14H20Cl3N3O. The second-order valence-electron chi connectivity index (χ2n) is 4.87. The highest BCUT2D eigenvalue weighted by atomic mass is 35.5. The normalized spacial score (nSPS) is 15.9. The Morgan fingerprint density at radius 2 is 2.10 bits per heavy atom. The minimum absolute atomic E-state index is 0. The van der Waals surface area contributed by atoms with Crippen molar-refractivity contribution in [2.45, 2.75) is 12.8 Å². The fourth-order valence-corrected chi connectivity index (χ4v) is 2.53. The van der Waals surface area contributed by atoms with Crippen LogP contribution in [-0.2, 0) is 4.79 Å². The van der Waals surface area contributed by atoms with Crippen molar-refractivity contribution in [3.8, 4) is 0 Å². The molecule has 0 saturated carbocycles. The number of anilines is 1. The van der Waals surface area contributed by atoms with Crippen molar-refractivity contribution >= 4 is 47.2 Å². The van der Waals surface area contributed by atoms with Crippen LogP contribution in [0.2, 0.25) is 10.0 Å². The molecule has 0 radical (unpaired) electrons. The predicted molar refractivity (Wildman–Crippen MR) is 90.9 cm³/mol. The number of hydrogen-bond donors (Lipinski definition) is 2. The molecule has 1 fully saturated rings. The molecule has 7 heteroatoms. The van der Waals surface area contributed by atoms with Crippen LogP contribution in [-0.4, -0.2) is 43.5 Å². The van der Waals surface area contributed by atoms with Gasteiger partial charge >= 0.3 is 0 Å². The number of nitrogens with one attached hydrogen (secondary N) is 2. The first-order valence-corrected chi connectivity index (χ1v) is 7.59. The second kappa shape index (κ2) is 9.49. The largest absolute Gasteiger partial charge is 0.325 e. The smallest absolute Gasteiger partial charge is 0.225 e. The Morgan fingerprint density at radius 3 is 2.90 bits per heavy atom. The van der Waals surface area contributed by atoms with Crippen LogP contribution in [0.1, 0.15) is 12.8 Å². The van der Waals surface area contributed by atoms with Crippen molar-refractivity contribution in [2.75, 3.05) is 38.0 Å². The fourth-order valence-electron chi connectivity index (χ4n) is 2.19. The molecule has 0 aromatic heterocycles. The molecule has 1 aliphatic heterocycles. The van der Waals surface area contributed by atoms with Gasteiger partial charge in [-0.15, -0.1) is 12.4 Å². The van der Waals surface area contributed by atoms with Crippen LogP contribution < -0.4 is 10.6 Å². The number of carbonyl (C=O) groups is 1. The summed E-state index contributed by atoms with van der Waals surface area (Å²) in [5, 5.41) is 7.21. The number of halogens is 3. The molecular weight excluding hydrogens is 333 g/mol. The molecule has 2 rings (SSSR count). The van der Waals surface area contributed by atoms with E-state index in [1.807, 2.05) is 0 Å². The highest BCUT2D eigenvalue weighted by Gasteiger charge is 2.11. The molecule has 1 aliphatic rings. The van der Waals surface area contributed by atoms with Crippen molar-refractivity contribution in [1.82, 2.24) is 10.2 Å². The summed E-state index contributed by atoms with van der Waals surface area (Å²) in [5.74, 6) is -0.0358. The summed E-state index contributed by atoms with van der Waals surface area (Å²) in [6, 6.07) is 5.04. The van der Waals surface area contributed by atoms with Gasteiger partial charge in [-0.05, 0) is 37.7 Å².